The molecule has 1 saturated carbocycles. The van der Waals surface area contributed by atoms with Crippen LogP contribution in [0.4, 0.5) is 4.39 Å². The Kier molecular flexibility index (Phi) is 3.68. The zero-order valence-corrected chi connectivity index (χ0v) is 12.0. The number of rotatable bonds is 2. The quantitative estimate of drug-likeness (QED) is 0.867. The summed E-state index contributed by atoms with van der Waals surface area (Å²) in [6.45, 7) is 0. The zero-order valence-electron chi connectivity index (χ0n) is 11.2. The topological polar surface area (TPSA) is 54.9 Å². The Hall–Kier alpha value is -1.88. The van der Waals surface area contributed by atoms with Crippen molar-refractivity contribution in [2.45, 2.75) is 31.6 Å². The first-order valence-electron chi connectivity index (χ1n) is 6.88. The lowest BCUT2D eigenvalue weighted by atomic mass is 10.0. The fourth-order valence-electron chi connectivity index (χ4n) is 2.92. The van der Waals surface area contributed by atoms with Crippen molar-refractivity contribution in [2.24, 2.45) is 0 Å². The van der Waals surface area contributed by atoms with Gasteiger partial charge in [0, 0.05) is 0 Å². The van der Waals surface area contributed by atoms with Gasteiger partial charge in [0.25, 0.3) is 5.56 Å². The van der Waals surface area contributed by atoms with E-state index in [1.165, 1.54) is 24.3 Å². The van der Waals surface area contributed by atoms with E-state index in [2.05, 4.69) is 4.98 Å². The van der Waals surface area contributed by atoms with E-state index in [0.717, 1.165) is 30.3 Å². The van der Waals surface area contributed by atoms with Gasteiger partial charge in [0.15, 0.2) is 0 Å². The highest BCUT2D eigenvalue weighted by Gasteiger charge is 2.25. The average Bonchev–Trinajstić information content (AvgIpc) is 2.94. The van der Waals surface area contributed by atoms with Gasteiger partial charge in [-0.2, -0.15) is 0 Å². The standard InChI is InChI=1S/C15H14ClFN2O2/c16-13-12(9-3-1-2-4-9)14(20)19(15(21)18-13)11-7-5-10(17)6-8-11/h5-9H,1-4H2,(H,18,21). The molecule has 0 unspecified atom stereocenters. The Morgan fingerprint density at radius 1 is 1.14 bits per heavy atom. The number of benzene rings is 1. The van der Waals surface area contributed by atoms with Crippen molar-refractivity contribution in [2.75, 3.05) is 0 Å². The van der Waals surface area contributed by atoms with Gasteiger partial charge in [0.2, 0.25) is 0 Å². The van der Waals surface area contributed by atoms with E-state index in [4.69, 9.17) is 11.6 Å². The first-order valence-corrected chi connectivity index (χ1v) is 7.26. The van der Waals surface area contributed by atoms with Crippen LogP contribution in [0.1, 0.15) is 37.2 Å². The lowest BCUT2D eigenvalue weighted by Gasteiger charge is -2.13. The molecule has 1 aliphatic carbocycles. The smallest absolute Gasteiger partial charge is 0.297 e. The highest BCUT2D eigenvalue weighted by Crippen LogP contribution is 2.34. The van der Waals surface area contributed by atoms with Gasteiger partial charge >= 0.3 is 5.69 Å². The van der Waals surface area contributed by atoms with Crippen LogP contribution < -0.4 is 11.2 Å². The van der Waals surface area contributed by atoms with Gasteiger partial charge in [0.05, 0.1) is 11.3 Å². The average molecular weight is 309 g/mol. The van der Waals surface area contributed by atoms with Gasteiger partial charge in [-0.15, -0.1) is 0 Å². The van der Waals surface area contributed by atoms with Gasteiger partial charge in [-0.25, -0.2) is 13.8 Å². The minimum Gasteiger partial charge on any atom is -0.297 e. The summed E-state index contributed by atoms with van der Waals surface area (Å²) < 4.78 is 14.0. The maximum Gasteiger partial charge on any atom is 0.334 e. The van der Waals surface area contributed by atoms with Crippen molar-refractivity contribution in [3.8, 4) is 5.69 Å². The molecule has 1 aromatic carbocycles. The second kappa shape index (κ2) is 5.48. The Morgan fingerprint density at radius 2 is 1.76 bits per heavy atom. The van der Waals surface area contributed by atoms with E-state index < -0.39 is 17.1 Å². The normalized spacial score (nSPS) is 15.5. The number of aromatic amines is 1. The van der Waals surface area contributed by atoms with Gasteiger partial charge in [-0.05, 0) is 43.0 Å². The number of aromatic nitrogens is 2. The number of halogens is 2. The molecule has 0 radical (unpaired) electrons. The molecule has 0 aliphatic heterocycles. The van der Waals surface area contributed by atoms with E-state index in [0.29, 0.717) is 11.3 Å². The van der Waals surface area contributed by atoms with Crippen LogP contribution in [-0.2, 0) is 0 Å². The third-order valence-corrected chi connectivity index (χ3v) is 4.24. The van der Waals surface area contributed by atoms with Gasteiger partial charge in [-0.1, -0.05) is 24.4 Å². The Bertz CT molecular complexity index is 774. The summed E-state index contributed by atoms with van der Waals surface area (Å²) in [5.41, 5.74) is -0.239. The molecule has 1 heterocycles. The summed E-state index contributed by atoms with van der Waals surface area (Å²) >= 11 is 6.07. The summed E-state index contributed by atoms with van der Waals surface area (Å²) in [5, 5.41) is 0.121. The van der Waals surface area contributed by atoms with E-state index in [-0.39, 0.29) is 11.1 Å². The minimum absolute atomic E-state index is 0.0774. The first-order chi connectivity index (χ1) is 10.1. The molecule has 110 valence electrons. The van der Waals surface area contributed by atoms with Crippen LogP contribution in [0.5, 0.6) is 0 Å². The zero-order chi connectivity index (χ0) is 15.0. The lowest BCUT2D eigenvalue weighted by Crippen LogP contribution is -2.36. The maximum absolute atomic E-state index is 13.0. The molecule has 0 bridgehead atoms. The molecule has 21 heavy (non-hydrogen) atoms. The molecule has 1 aliphatic rings. The van der Waals surface area contributed by atoms with Crippen LogP contribution in [0, 0.1) is 5.82 Å². The third kappa shape index (κ3) is 2.53. The number of hydrogen-bond donors (Lipinski definition) is 1. The van der Waals surface area contributed by atoms with Crippen LogP contribution >= 0.6 is 11.6 Å². The van der Waals surface area contributed by atoms with Gasteiger partial charge in [0.1, 0.15) is 11.0 Å². The predicted octanol–water partition coefficient (Wildman–Crippen LogP) is 2.98. The van der Waals surface area contributed by atoms with Crippen LogP contribution in [0.15, 0.2) is 33.9 Å². The van der Waals surface area contributed by atoms with Crippen molar-refractivity contribution >= 4 is 11.6 Å². The van der Waals surface area contributed by atoms with Crippen molar-refractivity contribution in [3.05, 3.63) is 61.6 Å². The first kappa shape index (κ1) is 14.1. The monoisotopic (exact) mass is 308 g/mol. The summed E-state index contributed by atoms with van der Waals surface area (Å²) in [6, 6.07) is 5.23. The molecule has 4 nitrogen and oxygen atoms in total. The molecule has 1 N–H and O–H groups in total. The Balaban J connectivity index is 2.21. The van der Waals surface area contributed by atoms with E-state index in [9.17, 15) is 14.0 Å². The fraction of sp³-hybridized carbons (Fsp3) is 0.333. The van der Waals surface area contributed by atoms with Crippen molar-refractivity contribution in [1.82, 2.24) is 9.55 Å². The molecule has 1 fully saturated rings. The van der Waals surface area contributed by atoms with Gasteiger partial charge < -0.3 is 0 Å². The summed E-state index contributed by atoms with van der Waals surface area (Å²) in [4.78, 5) is 27.2. The number of nitrogens with one attached hydrogen (secondary N) is 1. The molecule has 0 amide bonds. The van der Waals surface area contributed by atoms with E-state index >= 15 is 0 Å². The number of nitrogens with zero attached hydrogens (tertiary/aromatic N) is 1. The van der Waals surface area contributed by atoms with Crippen molar-refractivity contribution < 1.29 is 4.39 Å². The second-order valence-electron chi connectivity index (χ2n) is 5.26. The highest BCUT2D eigenvalue weighted by molar-refractivity contribution is 6.30. The van der Waals surface area contributed by atoms with E-state index in [1.54, 1.807) is 0 Å². The van der Waals surface area contributed by atoms with E-state index in [1.807, 2.05) is 0 Å². The van der Waals surface area contributed by atoms with Crippen LogP contribution in [0.2, 0.25) is 5.15 Å². The molecule has 0 saturated heterocycles. The summed E-state index contributed by atoms with van der Waals surface area (Å²) in [6.07, 6.45) is 3.89. The lowest BCUT2D eigenvalue weighted by molar-refractivity contribution is 0.626. The molecule has 1 aromatic heterocycles. The number of H-pyrrole nitrogens is 1. The fourth-order valence-corrected chi connectivity index (χ4v) is 3.23. The second-order valence-corrected chi connectivity index (χ2v) is 5.63. The van der Waals surface area contributed by atoms with Gasteiger partial charge in [-0.3, -0.25) is 9.78 Å². The highest BCUT2D eigenvalue weighted by atomic mass is 35.5. The van der Waals surface area contributed by atoms with Crippen molar-refractivity contribution in [3.63, 3.8) is 0 Å². The molecular weight excluding hydrogens is 295 g/mol. The van der Waals surface area contributed by atoms with Crippen LogP contribution in [0.3, 0.4) is 0 Å². The Labute approximate surface area is 125 Å². The summed E-state index contributed by atoms with van der Waals surface area (Å²) in [5.74, 6) is -0.346. The van der Waals surface area contributed by atoms with Crippen LogP contribution in [0.25, 0.3) is 5.69 Å². The molecule has 3 rings (SSSR count). The molecule has 0 spiro atoms. The van der Waals surface area contributed by atoms with Crippen molar-refractivity contribution in [1.29, 1.82) is 0 Å². The minimum atomic E-state index is -0.613. The maximum atomic E-state index is 13.0. The van der Waals surface area contributed by atoms with Crippen LogP contribution in [-0.4, -0.2) is 9.55 Å². The molecule has 0 atom stereocenters. The predicted molar refractivity (Wildman–Crippen MR) is 78.8 cm³/mol. The summed E-state index contributed by atoms with van der Waals surface area (Å²) in [7, 11) is 0. The largest absolute Gasteiger partial charge is 0.334 e. The number of hydrogen-bond acceptors (Lipinski definition) is 2. The third-order valence-electron chi connectivity index (χ3n) is 3.94. The molecular formula is C15H14ClFN2O2. The molecule has 6 heteroatoms. The molecule has 2 aromatic rings. The SMILES string of the molecule is O=c1[nH]c(Cl)c(C2CCCC2)c(=O)n1-c1ccc(F)cc1. The Morgan fingerprint density at radius 3 is 2.38 bits per heavy atom.